The van der Waals surface area contributed by atoms with E-state index >= 15 is 0 Å². The molecule has 14 heavy (non-hydrogen) atoms. The highest BCUT2D eigenvalue weighted by Gasteiger charge is 2.01. The van der Waals surface area contributed by atoms with Crippen LogP contribution in [-0.2, 0) is 0 Å². The molecule has 2 aromatic carbocycles. The predicted molar refractivity (Wildman–Crippen MR) is 61.9 cm³/mol. The quantitative estimate of drug-likeness (QED) is 0.754. The third-order valence-electron chi connectivity index (χ3n) is 2.10. The van der Waals surface area contributed by atoms with E-state index in [1.54, 1.807) is 0 Å². The first-order chi connectivity index (χ1) is 6.92. The van der Waals surface area contributed by atoms with Crippen LogP contribution in [-0.4, -0.2) is 0 Å². The van der Waals surface area contributed by atoms with Gasteiger partial charge in [-0.3, -0.25) is 5.14 Å². The van der Waals surface area contributed by atoms with Gasteiger partial charge in [0.05, 0.1) is 0 Å². The van der Waals surface area contributed by atoms with Crippen LogP contribution >= 0.6 is 11.9 Å². The fourth-order valence-corrected chi connectivity index (χ4v) is 1.90. The zero-order chi connectivity index (χ0) is 9.80. The molecule has 0 heterocycles. The number of hydrogen-bond donors (Lipinski definition) is 1. The first-order valence-corrected chi connectivity index (χ1v) is 5.31. The third kappa shape index (κ3) is 1.81. The molecule has 0 spiro atoms. The summed E-state index contributed by atoms with van der Waals surface area (Å²) >= 11 is 1.29. The maximum absolute atomic E-state index is 5.60. The average molecular weight is 201 g/mol. The van der Waals surface area contributed by atoms with Gasteiger partial charge in [-0.05, 0) is 29.1 Å². The van der Waals surface area contributed by atoms with E-state index in [2.05, 4.69) is 18.2 Å². The van der Waals surface area contributed by atoms with E-state index in [-0.39, 0.29) is 0 Å². The predicted octanol–water partition coefficient (Wildman–Crippen LogP) is 3.32. The fraction of sp³-hybridized carbons (Fsp3) is 0. The van der Waals surface area contributed by atoms with Crippen LogP contribution < -0.4 is 5.14 Å². The second kappa shape index (κ2) is 4.31. The molecule has 0 atom stereocenters. The summed E-state index contributed by atoms with van der Waals surface area (Å²) in [5, 5.41) is 5.60. The van der Waals surface area contributed by atoms with Crippen LogP contribution in [0.15, 0.2) is 59.5 Å². The molecular weight excluding hydrogens is 190 g/mol. The van der Waals surface area contributed by atoms with Crippen molar-refractivity contribution in [2.45, 2.75) is 4.90 Å². The summed E-state index contributed by atoms with van der Waals surface area (Å²) in [5.41, 5.74) is 2.40. The molecule has 0 unspecified atom stereocenters. The Bertz CT molecular complexity index is 412. The number of benzene rings is 2. The highest BCUT2D eigenvalue weighted by atomic mass is 32.2. The van der Waals surface area contributed by atoms with Crippen LogP contribution in [0.2, 0.25) is 0 Å². The van der Waals surface area contributed by atoms with Crippen molar-refractivity contribution in [2.24, 2.45) is 5.14 Å². The minimum absolute atomic E-state index is 1.11. The molecule has 0 fully saturated rings. The Morgan fingerprint density at radius 3 is 2.14 bits per heavy atom. The Labute approximate surface area is 88.1 Å². The fourth-order valence-electron chi connectivity index (χ4n) is 1.43. The standard InChI is InChI=1S/C12H11NS/c13-14-12-9-5-4-8-11(12)10-6-2-1-3-7-10/h1-9H,13H2. The molecule has 70 valence electrons. The minimum Gasteiger partial charge on any atom is -0.274 e. The molecule has 0 radical (unpaired) electrons. The van der Waals surface area contributed by atoms with Crippen molar-refractivity contribution >= 4 is 11.9 Å². The molecule has 2 heteroatoms. The van der Waals surface area contributed by atoms with E-state index in [4.69, 9.17) is 5.14 Å². The Balaban J connectivity index is 2.51. The second-order valence-corrected chi connectivity index (χ2v) is 3.66. The van der Waals surface area contributed by atoms with E-state index in [0.29, 0.717) is 0 Å². The van der Waals surface area contributed by atoms with Gasteiger partial charge in [-0.1, -0.05) is 48.5 Å². The summed E-state index contributed by atoms with van der Waals surface area (Å²) in [6.07, 6.45) is 0. The lowest BCUT2D eigenvalue weighted by atomic mass is 10.1. The first kappa shape index (κ1) is 9.31. The average Bonchev–Trinajstić information content (AvgIpc) is 2.30. The van der Waals surface area contributed by atoms with Gasteiger partial charge in [0.1, 0.15) is 0 Å². The van der Waals surface area contributed by atoms with E-state index in [1.165, 1.54) is 23.1 Å². The van der Waals surface area contributed by atoms with Gasteiger partial charge in [-0.15, -0.1) is 0 Å². The minimum atomic E-state index is 1.11. The van der Waals surface area contributed by atoms with Crippen molar-refractivity contribution in [1.82, 2.24) is 0 Å². The van der Waals surface area contributed by atoms with Crippen molar-refractivity contribution in [2.75, 3.05) is 0 Å². The lowest BCUT2D eigenvalue weighted by Crippen LogP contribution is -1.84. The van der Waals surface area contributed by atoms with Crippen LogP contribution in [0, 0.1) is 0 Å². The third-order valence-corrected chi connectivity index (χ3v) is 2.71. The second-order valence-electron chi connectivity index (χ2n) is 2.98. The van der Waals surface area contributed by atoms with Crippen LogP contribution in [0.5, 0.6) is 0 Å². The lowest BCUT2D eigenvalue weighted by molar-refractivity contribution is 1.44. The maximum atomic E-state index is 5.60. The van der Waals surface area contributed by atoms with Crippen molar-refractivity contribution < 1.29 is 0 Å². The zero-order valence-corrected chi connectivity index (χ0v) is 8.50. The smallest absolute Gasteiger partial charge is 0.0304 e. The van der Waals surface area contributed by atoms with Crippen molar-refractivity contribution in [1.29, 1.82) is 0 Å². The van der Waals surface area contributed by atoms with Gasteiger partial charge < -0.3 is 0 Å². The zero-order valence-electron chi connectivity index (χ0n) is 7.68. The molecule has 0 aliphatic rings. The molecule has 2 rings (SSSR count). The molecular formula is C12H11NS. The number of nitrogens with two attached hydrogens (primary N) is 1. The van der Waals surface area contributed by atoms with Gasteiger partial charge in [0.25, 0.3) is 0 Å². The summed E-state index contributed by atoms with van der Waals surface area (Å²) in [4.78, 5) is 1.11. The molecule has 2 aromatic rings. The maximum Gasteiger partial charge on any atom is 0.0304 e. The summed E-state index contributed by atoms with van der Waals surface area (Å²) < 4.78 is 0. The summed E-state index contributed by atoms with van der Waals surface area (Å²) in [5.74, 6) is 0. The Hall–Kier alpha value is -1.25. The normalized spacial score (nSPS) is 10.1. The highest BCUT2D eigenvalue weighted by molar-refractivity contribution is 7.97. The van der Waals surface area contributed by atoms with E-state index in [1.807, 2.05) is 36.4 Å². The number of rotatable bonds is 2. The number of hydrogen-bond acceptors (Lipinski definition) is 2. The van der Waals surface area contributed by atoms with Gasteiger partial charge in [-0.25, -0.2) is 0 Å². The topological polar surface area (TPSA) is 26.0 Å². The van der Waals surface area contributed by atoms with Crippen LogP contribution in [0.3, 0.4) is 0 Å². The molecule has 1 nitrogen and oxygen atoms in total. The SMILES string of the molecule is NSc1ccccc1-c1ccccc1. The largest absolute Gasteiger partial charge is 0.274 e. The van der Waals surface area contributed by atoms with Gasteiger partial charge in [0.2, 0.25) is 0 Å². The molecule has 0 saturated heterocycles. The molecule has 0 aromatic heterocycles. The summed E-state index contributed by atoms with van der Waals surface area (Å²) in [6, 6.07) is 18.4. The summed E-state index contributed by atoms with van der Waals surface area (Å²) in [6.45, 7) is 0. The molecule has 0 aliphatic carbocycles. The van der Waals surface area contributed by atoms with E-state index in [0.717, 1.165) is 4.90 Å². The molecule has 2 N–H and O–H groups in total. The first-order valence-electron chi connectivity index (χ1n) is 4.43. The lowest BCUT2D eigenvalue weighted by Gasteiger charge is -2.05. The Morgan fingerprint density at radius 1 is 0.786 bits per heavy atom. The van der Waals surface area contributed by atoms with Gasteiger partial charge in [0.15, 0.2) is 0 Å². The van der Waals surface area contributed by atoms with Crippen LogP contribution in [0.25, 0.3) is 11.1 Å². The van der Waals surface area contributed by atoms with E-state index < -0.39 is 0 Å². The molecule has 0 saturated carbocycles. The van der Waals surface area contributed by atoms with Crippen LogP contribution in [0.4, 0.5) is 0 Å². The van der Waals surface area contributed by atoms with Crippen LogP contribution in [0.1, 0.15) is 0 Å². The highest BCUT2D eigenvalue weighted by Crippen LogP contribution is 2.28. The Kier molecular flexibility index (Phi) is 2.87. The van der Waals surface area contributed by atoms with Gasteiger partial charge >= 0.3 is 0 Å². The van der Waals surface area contributed by atoms with E-state index in [9.17, 15) is 0 Å². The van der Waals surface area contributed by atoms with Crippen molar-refractivity contribution in [3.05, 3.63) is 54.6 Å². The van der Waals surface area contributed by atoms with Crippen molar-refractivity contribution in [3.8, 4) is 11.1 Å². The summed E-state index contributed by atoms with van der Waals surface area (Å²) in [7, 11) is 0. The Morgan fingerprint density at radius 2 is 1.43 bits per heavy atom. The monoisotopic (exact) mass is 201 g/mol. The molecule has 0 bridgehead atoms. The van der Waals surface area contributed by atoms with Gasteiger partial charge in [-0.2, -0.15) is 0 Å². The van der Waals surface area contributed by atoms with Gasteiger partial charge in [0, 0.05) is 4.90 Å². The molecule has 0 aliphatic heterocycles. The molecule has 0 amide bonds. The van der Waals surface area contributed by atoms with Crippen molar-refractivity contribution in [3.63, 3.8) is 0 Å².